The smallest absolute Gasteiger partial charge is 0.306 e. The van der Waals surface area contributed by atoms with Gasteiger partial charge in [0.2, 0.25) is 17.7 Å². The van der Waals surface area contributed by atoms with Gasteiger partial charge < -0.3 is 24.3 Å². The van der Waals surface area contributed by atoms with Gasteiger partial charge in [-0.25, -0.2) is 4.98 Å². The zero-order valence-corrected chi connectivity index (χ0v) is 45.0. The zero-order valence-electron chi connectivity index (χ0n) is 45.0. The lowest BCUT2D eigenvalue weighted by Gasteiger charge is -2.50. The van der Waals surface area contributed by atoms with Crippen LogP contribution in [0.5, 0.6) is 11.6 Å². The SMILES string of the molecule is CCCCCCCCCCCCCCCCCCNC(=O)CCC(=O)OC[C@@H]1CN(C(c2ccccc2)(c2ccccc2)c2ccccc2)C[C@H](n2cnc3c(OCCC#N)nc(NC(=O)COc4ccccc4)nc32)O1. The summed E-state index contributed by atoms with van der Waals surface area (Å²) in [7, 11) is 0. The van der Waals surface area contributed by atoms with Crippen molar-refractivity contribution in [3.05, 3.63) is 144 Å². The summed E-state index contributed by atoms with van der Waals surface area (Å²) in [4.78, 5) is 56.0. The molecule has 15 heteroatoms. The number of hydrogen-bond donors (Lipinski definition) is 2. The Morgan fingerprint density at radius 1 is 0.675 bits per heavy atom. The standard InChI is InChI=1S/C62H78N8O7/c1-2-3-4-5-6-7-8-9-10-11-12-13-14-15-16-29-42-64-54(71)39-40-57(73)76-46-53-44-69(62(49-31-21-17-22-32-49,50-33-23-18-24-34-50)51-35-25-19-26-36-51)45-56(77-53)70-48-65-58-59(70)67-61(68-60(58)74-43-30-41-63)66-55(72)47-75-52-37-27-20-28-38-52/h17-28,31-38,48,53,56H,2-16,29-30,39-40,42-47H2,1H3,(H,64,71)(H,66,67,68,72)/t53-,56+/m0/s1. The van der Waals surface area contributed by atoms with Crippen molar-refractivity contribution in [2.45, 2.75) is 147 Å². The van der Waals surface area contributed by atoms with Gasteiger partial charge in [-0.1, -0.05) is 212 Å². The van der Waals surface area contributed by atoms with Crippen LogP contribution >= 0.6 is 0 Å². The Kier molecular flexibility index (Phi) is 23.8. The number of imidazole rings is 1. The molecule has 1 aliphatic rings. The summed E-state index contributed by atoms with van der Waals surface area (Å²) < 4.78 is 26.3. The number of rotatable bonds is 34. The molecular weight excluding hydrogens is 969 g/mol. The number of nitrogens with one attached hydrogen (secondary N) is 2. The number of benzene rings is 4. The number of unbranched alkanes of at least 4 members (excludes halogenated alkanes) is 15. The average Bonchev–Trinajstić information content (AvgIpc) is 3.94. The lowest BCUT2D eigenvalue weighted by atomic mass is 9.75. The molecule has 2 atom stereocenters. The summed E-state index contributed by atoms with van der Waals surface area (Å²) in [5, 5.41) is 15.1. The third-order valence-electron chi connectivity index (χ3n) is 14.1. The Balaban J connectivity index is 1.02. The van der Waals surface area contributed by atoms with Crippen LogP contribution < -0.4 is 20.1 Å². The van der Waals surface area contributed by atoms with E-state index in [0.29, 0.717) is 30.0 Å². The third kappa shape index (κ3) is 17.4. The summed E-state index contributed by atoms with van der Waals surface area (Å²) in [5.74, 6) is -0.649. The number of morpholine rings is 1. The fourth-order valence-electron chi connectivity index (χ4n) is 10.2. The molecule has 2 amide bonds. The molecule has 0 aliphatic carbocycles. The van der Waals surface area contributed by atoms with Crippen LogP contribution in [0.4, 0.5) is 5.95 Å². The van der Waals surface area contributed by atoms with E-state index in [1.807, 2.05) is 72.8 Å². The zero-order chi connectivity index (χ0) is 53.8. The molecule has 408 valence electrons. The number of carbonyl (C=O) groups is 3. The highest BCUT2D eigenvalue weighted by Gasteiger charge is 2.47. The number of esters is 1. The largest absolute Gasteiger partial charge is 0.484 e. The Morgan fingerprint density at radius 3 is 1.78 bits per heavy atom. The summed E-state index contributed by atoms with van der Waals surface area (Å²) >= 11 is 0. The summed E-state index contributed by atoms with van der Waals surface area (Å²) in [5.41, 5.74) is 2.73. The minimum Gasteiger partial charge on any atom is -0.484 e. The quantitative estimate of drug-likeness (QED) is 0.0222. The van der Waals surface area contributed by atoms with Crippen LogP contribution in [0.3, 0.4) is 0 Å². The maximum Gasteiger partial charge on any atom is 0.306 e. The number of para-hydroxylation sites is 1. The minimum atomic E-state index is -0.882. The number of nitrogens with zero attached hydrogens (tertiary/aromatic N) is 6. The normalized spacial score (nSPS) is 14.6. The van der Waals surface area contributed by atoms with E-state index in [-0.39, 0.29) is 63.4 Å². The van der Waals surface area contributed by atoms with Gasteiger partial charge in [0.15, 0.2) is 17.8 Å². The van der Waals surface area contributed by atoms with E-state index in [9.17, 15) is 19.6 Å². The Bertz CT molecular complexity index is 2620. The topological polar surface area (TPSA) is 183 Å². The van der Waals surface area contributed by atoms with Crippen molar-refractivity contribution in [3.8, 4) is 17.7 Å². The summed E-state index contributed by atoms with van der Waals surface area (Å²) in [6.45, 7) is 3.09. The molecule has 7 rings (SSSR count). The number of amides is 2. The van der Waals surface area contributed by atoms with Crippen LogP contribution in [0.15, 0.2) is 128 Å². The lowest BCUT2D eigenvalue weighted by molar-refractivity contribution is -0.169. The van der Waals surface area contributed by atoms with Gasteiger partial charge in [0.05, 0.1) is 30.8 Å². The second-order valence-corrected chi connectivity index (χ2v) is 19.8. The van der Waals surface area contributed by atoms with E-state index < -0.39 is 29.7 Å². The maximum absolute atomic E-state index is 13.5. The number of nitriles is 1. The van der Waals surface area contributed by atoms with E-state index in [2.05, 4.69) is 69.9 Å². The maximum atomic E-state index is 13.5. The van der Waals surface area contributed by atoms with Gasteiger partial charge in [-0.05, 0) is 35.2 Å². The first-order valence-electron chi connectivity index (χ1n) is 28.1. The number of anilines is 1. The van der Waals surface area contributed by atoms with Gasteiger partial charge in [-0.2, -0.15) is 15.2 Å². The molecular formula is C62H78N8O7. The molecule has 3 heterocycles. The van der Waals surface area contributed by atoms with Crippen molar-refractivity contribution in [1.82, 2.24) is 29.7 Å². The molecule has 0 saturated carbocycles. The van der Waals surface area contributed by atoms with Gasteiger partial charge in [-0.15, -0.1) is 0 Å². The van der Waals surface area contributed by atoms with Crippen molar-refractivity contribution in [2.24, 2.45) is 0 Å². The number of aromatic nitrogens is 4. The molecule has 2 N–H and O–H groups in total. The molecule has 0 radical (unpaired) electrons. The van der Waals surface area contributed by atoms with Crippen molar-refractivity contribution in [1.29, 1.82) is 5.26 Å². The number of ether oxygens (including phenoxy) is 4. The number of hydrogen-bond acceptors (Lipinski definition) is 12. The molecule has 15 nitrogen and oxygen atoms in total. The highest BCUT2D eigenvalue weighted by atomic mass is 16.6. The third-order valence-corrected chi connectivity index (χ3v) is 14.1. The van der Waals surface area contributed by atoms with Gasteiger partial charge in [0.1, 0.15) is 31.3 Å². The Hall–Kier alpha value is -7.15. The predicted molar refractivity (Wildman–Crippen MR) is 299 cm³/mol. The second kappa shape index (κ2) is 31.8. The van der Waals surface area contributed by atoms with Crippen LogP contribution in [0, 0.1) is 11.3 Å². The predicted octanol–water partition coefficient (Wildman–Crippen LogP) is 12.0. The first kappa shape index (κ1) is 57.6. The van der Waals surface area contributed by atoms with Gasteiger partial charge in [-0.3, -0.25) is 29.2 Å². The number of fused-ring (bicyclic) bond motifs is 1. The minimum absolute atomic E-state index is 0.0217. The van der Waals surface area contributed by atoms with Crippen molar-refractivity contribution >= 4 is 34.9 Å². The molecule has 1 saturated heterocycles. The molecule has 1 fully saturated rings. The Labute approximate surface area is 455 Å². The van der Waals surface area contributed by atoms with Gasteiger partial charge in [0, 0.05) is 26.1 Å². The van der Waals surface area contributed by atoms with Crippen molar-refractivity contribution in [3.63, 3.8) is 0 Å². The van der Waals surface area contributed by atoms with Crippen molar-refractivity contribution in [2.75, 3.05) is 44.8 Å². The van der Waals surface area contributed by atoms with Gasteiger partial charge >= 0.3 is 5.97 Å². The van der Waals surface area contributed by atoms with E-state index in [0.717, 1.165) is 29.5 Å². The fourth-order valence-corrected chi connectivity index (χ4v) is 10.2. The molecule has 0 bridgehead atoms. The van der Waals surface area contributed by atoms with Crippen LogP contribution in [-0.2, 0) is 29.4 Å². The van der Waals surface area contributed by atoms with Crippen LogP contribution in [0.2, 0.25) is 0 Å². The summed E-state index contributed by atoms with van der Waals surface area (Å²) in [6, 6.07) is 41.9. The van der Waals surface area contributed by atoms with Crippen LogP contribution in [0.25, 0.3) is 11.2 Å². The molecule has 0 spiro atoms. The molecule has 0 unspecified atom stereocenters. The fraction of sp³-hybridized carbons (Fsp3) is 0.468. The average molecular weight is 1050 g/mol. The first-order valence-corrected chi connectivity index (χ1v) is 28.1. The van der Waals surface area contributed by atoms with E-state index in [1.165, 1.54) is 89.9 Å². The second-order valence-electron chi connectivity index (χ2n) is 19.8. The molecule has 2 aromatic heterocycles. The van der Waals surface area contributed by atoms with Crippen molar-refractivity contribution < 1.29 is 33.3 Å². The molecule has 1 aliphatic heterocycles. The highest BCUT2D eigenvalue weighted by molar-refractivity contribution is 5.91. The van der Waals surface area contributed by atoms with Crippen LogP contribution in [0.1, 0.15) is 152 Å². The van der Waals surface area contributed by atoms with Crippen LogP contribution in [-0.4, -0.2) is 87.8 Å². The lowest BCUT2D eigenvalue weighted by Crippen LogP contribution is -2.57. The molecule has 4 aromatic carbocycles. The van der Waals surface area contributed by atoms with E-state index in [1.54, 1.807) is 23.0 Å². The monoisotopic (exact) mass is 1050 g/mol. The van der Waals surface area contributed by atoms with E-state index in [4.69, 9.17) is 28.9 Å². The first-order chi connectivity index (χ1) is 37.9. The number of carbonyl (C=O) groups excluding carboxylic acids is 3. The Morgan fingerprint density at radius 2 is 1.22 bits per heavy atom. The highest BCUT2D eigenvalue weighted by Crippen LogP contribution is 2.45. The molecule has 77 heavy (non-hydrogen) atoms. The van der Waals surface area contributed by atoms with E-state index >= 15 is 0 Å². The molecule has 6 aromatic rings. The summed E-state index contributed by atoms with van der Waals surface area (Å²) in [6.07, 6.45) is 20.8. The van der Waals surface area contributed by atoms with Gasteiger partial charge in [0.25, 0.3) is 5.91 Å².